The highest BCUT2D eigenvalue weighted by Gasteiger charge is 2.16. The van der Waals surface area contributed by atoms with Gasteiger partial charge >= 0.3 is 5.97 Å². The van der Waals surface area contributed by atoms with Crippen LogP contribution in [0.4, 0.5) is 10.1 Å². The van der Waals surface area contributed by atoms with Crippen LogP contribution in [-0.4, -0.2) is 25.6 Å². The number of rotatable bonds is 7. The molecular formula is C22H18FNO5. The lowest BCUT2D eigenvalue weighted by Crippen LogP contribution is -2.21. The minimum absolute atomic E-state index is 0.270. The molecule has 0 aliphatic heterocycles. The molecule has 0 saturated heterocycles. The van der Waals surface area contributed by atoms with E-state index in [1.807, 2.05) is 18.2 Å². The van der Waals surface area contributed by atoms with Crippen molar-refractivity contribution >= 4 is 17.6 Å². The molecule has 3 rings (SSSR count). The van der Waals surface area contributed by atoms with Gasteiger partial charge in [-0.05, 0) is 36.4 Å². The number of carbonyl (C=O) groups excluding carboxylic acids is 2. The first-order valence-electron chi connectivity index (χ1n) is 8.69. The van der Waals surface area contributed by atoms with Gasteiger partial charge in [0.05, 0.1) is 18.4 Å². The molecule has 7 heteroatoms. The van der Waals surface area contributed by atoms with Crippen molar-refractivity contribution in [1.29, 1.82) is 0 Å². The van der Waals surface area contributed by atoms with Crippen LogP contribution in [0.3, 0.4) is 0 Å². The smallest absolute Gasteiger partial charge is 0.341 e. The second kappa shape index (κ2) is 9.36. The molecule has 0 spiro atoms. The minimum Gasteiger partial charge on any atom is -0.497 e. The molecule has 0 radical (unpaired) electrons. The number of methoxy groups -OCH3 is 1. The topological polar surface area (TPSA) is 73.9 Å². The average molecular weight is 395 g/mol. The van der Waals surface area contributed by atoms with Crippen molar-refractivity contribution in [2.45, 2.75) is 0 Å². The SMILES string of the molecule is COc1ccc(C(=O)OCC(=O)Nc2ccccc2Oc2ccccc2)c(F)c1. The number of esters is 1. The summed E-state index contributed by atoms with van der Waals surface area (Å²) in [7, 11) is 1.39. The molecule has 3 aromatic rings. The maximum absolute atomic E-state index is 13.9. The van der Waals surface area contributed by atoms with Crippen LogP contribution >= 0.6 is 0 Å². The maximum atomic E-state index is 13.9. The fourth-order valence-corrected chi connectivity index (χ4v) is 2.46. The van der Waals surface area contributed by atoms with E-state index in [1.54, 1.807) is 36.4 Å². The number of benzene rings is 3. The first kappa shape index (κ1) is 19.9. The van der Waals surface area contributed by atoms with Gasteiger partial charge < -0.3 is 19.5 Å². The third kappa shape index (κ3) is 5.32. The summed E-state index contributed by atoms with van der Waals surface area (Å²) in [5.74, 6) is -1.02. The molecule has 0 aliphatic rings. The molecule has 29 heavy (non-hydrogen) atoms. The third-order valence-electron chi connectivity index (χ3n) is 3.86. The van der Waals surface area contributed by atoms with E-state index in [0.29, 0.717) is 17.2 Å². The summed E-state index contributed by atoms with van der Waals surface area (Å²) in [6.45, 7) is -0.579. The van der Waals surface area contributed by atoms with E-state index in [2.05, 4.69) is 5.32 Å². The summed E-state index contributed by atoms with van der Waals surface area (Å²) in [6.07, 6.45) is 0. The lowest BCUT2D eigenvalue weighted by Gasteiger charge is -2.12. The van der Waals surface area contributed by atoms with Crippen molar-refractivity contribution in [2.24, 2.45) is 0 Å². The van der Waals surface area contributed by atoms with E-state index in [1.165, 1.54) is 19.2 Å². The molecule has 0 fully saturated rings. The van der Waals surface area contributed by atoms with Crippen LogP contribution in [0.15, 0.2) is 72.8 Å². The Kier molecular flexibility index (Phi) is 6.42. The predicted octanol–water partition coefficient (Wildman–Crippen LogP) is 4.42. The molecule has 0 bridgehead atoms. The first-order valence-corrected chi connectivity index (χ1v) is 8.69. The molecule has 0 unspecified atom stereocenters. The van der Waals surface area contributed by atoms with Crippen molar-refractivity contribution in [2.75, 3.05) is 19.0 Å². The highest BCUT2D eigenvalue weighted by Crippen LogP contribution is 2.29. The Bertz CT molecular complexity index is 1010. The molecular weight excluding hydrogens is 377 g/mol. The number of carbonyl (C=O) groups is 2. The van der Waals surface area contributed by atoms with E-state index in [4.69, 9.17) is 14.2 Å². The van der Waals surface area contributed by atoms with Gasteiger partial charge in [0.25, 0.3) is 5.91 Å². The van der Waals surface area contributed by atoms with Crippen LogP contribution in [0, 0.1) is 5.82 Å². The maximum Gasteiger partial charge on any atom is 0.341 e. The van der Waals surface area contributed by atoms with E-state index in [9.17, 15) is 14.0 Å². The van der Waals surface area contributed by atoms with Crippen LogP contribution in [-0.2, 0) is 9.53 Å². The summed E-state index contributed by atoms with van der Waals surface area (Å²) < 4.78 is 29.5. The minimum atomic E-state index is -0.950. The number of amides is 1. The van der Waals surface area contributed by atoms with Crippen molar-refractivity contribution in [3.05, 3.63) is 84.2 Å². The molecule has 0 aromatic heterocycles. The summed E-state index contributed by atoms with van der Waals surface area (Å²) in [4.78, 5) is 24.2. The fourth-order valence-electron chi connectivity index (χ4n) is 2.46. The van der Waals surface area contributed by atoms with Gasteiger partial charge in [-0.3, -0.25) is 4.79 Å². The standard InChI is InChI=1S/C22H18FNO5/c1-27-16-11-12-17(18(23)13-16)22(26)28-14-21(25)24-19-9-5-6-10-20(19)29-15-7-3-2-4-8-15/h2-13H,14H2,1H3,(H,24,25). The molecule has 0 aliphatic carbocycles. The highest BCUT2D eigenvalue weighted by atomic mass is 19.1. The van der Waals surface area contributed by atoms with Crippen LogP contribution in [0.25, 0.3) is 0 Å². The van der Waals surface area contributed by atoms with Crippen molar-refractivity contribution in [3.8, 4) is 17.2 Å². The van der Waals surface area contributed by atoms with Crippen LogP contribution in [0.5, 0.6) is 17.2 Å². The average Bonchev–Trinajstić information content (AvgIpc) is 2.74. The summed E-state index contributed by atoms with van der Waals surface area (Å²) in [5, 5.41) is 2.62. The highest BCUT2D eigenvalue weighted by molar-refractivity contribution is 5.96. The van der Waals surface area contributed by atoms with E-state index >= 15 is 0 Å². The lowest BCUT2D eigenvalue weighted by atomic mass is 10.2. The Morgan fingerprint density at radius 2 is 1.66 bits per heavy atom. The third-order valence-corrected chi connectivity index (χ3v) is 3.86. The fraction of sp³-hybridized carbons (Fsp3) is 0.0909. The molecule has 148 valence electrons. The number of para-hydroxylation sites is 3. The van der Waals surface area contributed by atoms with E-state index in [0.717, 1.165) is 6.07 Å². The van der Waals surface area contributed by atoms with Crippen LogP contribution in [0.2, 0.25) is 0 Å². The number of ether oxygens (including phenoxy) is 3. The zero-order valence-corrected chi connectivity index (χ0v) is 15.6. The number of anilines is 1. The largest absolute Gasteiger partial charge is 0.497 e. The van der Waals surface area contributed by atoms with E-state index < -0.39 is 24.3 Å². The van der Waals surface area contributed by atoms with Crippen molar-refractivity contribution in [1.82, 2.24) is 0 Å². The Balaban J connectivity index is 1.61. The summed E-state index contributed by atoms with van der Waals surface area (Å²) >= 11 is 0. The van der Waals surface area contributed by atoms with Gasteiger partial charge in [0.2, 0.25) is 0 Å². The quantitative estimate of drug-likeness (QED) is 0.600. The summed E-state index contributed by atoms with van der Waals surface area (Å²) in [6, 6.07) is 19.6. The number of hydrogen-bond acceptors (Lipinski definition) is 5. The molecule has 0 heterocycles. The first-order chi connectivity index (χ1) is 14.1. The van der Waals surface area contributed by atoms with Gasteiger partial charge in [-0.1, -0.05) is 30.3 Å². The summed E-state index contributed by atoms with van der Waals surface area (Å²) in [5.41, 5.74) is 0.124. The van der Waals surface area contributed by atoms with Gasteiger partial charge in [0.1, 0.15) is 17.3 Å². The van der Waals surface area contributed by atoms with Crippen molar-refractivity contribution in [3.63, 3.8) is 0 Å². The zero-order chi connectivity index (χ0) is 20.6. The molecule has 3 aromatic carbocycles. The Morgan fingerprint density at radius 3 is 2.38 bits per heavy atom. The molecule has 1 amide bonds. The van der Waals surface area contributed by atoms with Gasteiger partial charge in [-0.15, -0.1) is 0 Å². The number of nitrogens with one attached hydrogen (secondary N) is 1. The van der Waals surface area contributed by atoms with Gasteiger partial charge in [0, 0.05) is 6.07 Å². The van der Waals surface area contributed by atoms with Gasteiger partial charge in [-0.2, -0.15) is 0 Å². The Morgan fingerprint density at radius 1 is 0.931 bits per heavy atom. The van der Waals surface area contributed by atoms with Crippen LogP contribution in [0.1, 0.15) is 10.4 Å². The predicted molar refractivity (Wildman–Crippen MR) is 105 cm³/mol. The van der Waals surface area contributed by atoms with Crippen LogP contribution < -0.4 is 14.8 Å². The normalized spacial score (nSPS) is 10.1. The monoisotopic (exact) mass is 395 g/mol. The van der Waals surface area contributed by atoms with E-state index in [-0.39, 0.29) is 11.3 Å². The Labute approximate surface area is 166 Å². The molecule has 1 N–H and O–H groups in total. The van der Waals surface area contributed by atoms with Gasteiger partial charge in [-0.25, -0.2) is 9.18 Å². The number of hydrogen-bond donors (Lipinski definition) is 1. The lowest BCUT2D eigenvalue weighted by molar-refractivity contribution is -0.119. The second-order valence-electron chi connectivity index (χ2n) is 5.88. The molecule has 6 nitrogen and oxygen atoms in total. The van der Waals surface area contributed by atoms with Gasteiger partial charge in [0.15, 0.2) is 12.4 Å². The van der Waals surface area contributed by atoms with Crippen molar-refractivity contribution < 1.29 is 28.2 Å². The second-order valence-corrected chi connectivity index (χ2v) is 5.88. The zero-order valence-electron chi connectivity index (χ0n) is 15.6. The molecule has 0 saturated carbocycles. The molecule has 0 atom stereocenters. The number of halogens is 1. The Hall–Kier alpha value is -3.87.